The third-order valence-corrected chi connectivity index (χ3v) is 1.85. The number of hydrogen-bond acceptors (Lipinski definition) is 1. The number of allylic oxidation sites excluding steroid dienone is 6. The first-order valence-electron chi connectivity index (χ1n) is 4.45. The van der Waals surface area contributed by atoms with Crippen LogP contribution in [0.3, 0.4) is 0 Å². The SMILES string of the molecule is CCC1=C(C)C=CCC=C1.CN. The van der Waals surface area contributed by atoms with Crippen LogP contribution in [0.2, 0.25) is 0 Å². The van der Waals surface area contributed by atoms with Gasteiger partial charge >= 0.3 is 0 Å². The fourth-order valence-corrected chi connectivity index (χ4v) is 1.17. The van der Waals surface area contributed by atoms with Gasteiger partial charge in [-0.15, -0.1) is 0 Å². The minimum Gasteiger partial charge on any atom is -0.333 e. The smallest absolute Gasteiger partial charge is 0.0163 e. The summed E-state index contributed by atoms with van der Waals surface area (Å²) >= 11 is 0. The van der Waals surface area contributed by atoms with E-state index in [1.54, 1.807) is 0 Å². The summed E-state index contributed by atoms with van der Waals surface area (Å²) in [6, 6.07) is 0. The Bertz CT molecular complexity index is 197. The number of nitrogens with two attached hydrogens (primary N) is 1. The zero-order chi connectivity index (χ0) is 9.40. The summed E-state index contributed by atoms with van der Waals surface area (Å²) in [7, 11) is 1.50. The van der Waals surface area contributed by atoms with Crippen molar-refractivity contribution < 1.29 is 0 Å². The Hall–Kier alpha value is -0.820. The minimum atomic E-state index is 1.08. The fourth-order valence-electron chi connectivity index (χ4n) is 1.17. The van der Waals surface area contributed by atoms with Crippen LogP contribution in [0.25, 0.3) is 0 Å². The highest BCUT2D eigenvalue weighted by molar-refractivity contribution is 5.34. The maximum absolute atomic E-state index is 4.50. The Balaban J connectivity index is 0.000000561. The van der Waals surface area contributed by atoms with E-state index in [0.29, 0.717) is 0 Å². The van der Waals surface area contributed by atoms with E-state index in [1.165, 1.54) is 18.2 Å². The Kier molecular flexibility index (Phi) is 6.39. The normalized spacial score (nSPS) is 15.3. The third kappa shape index (κ3) is 3.54. The molecule has 68 valence electrons. The van der Waals surface area contributed by atoms with Gasteiger partial charge < -0.3 is 5.73 Å². The highest BCUT2D eigenvalue weighted by Crippen LogP contribution is 2.14. The molecule has 0 aliphatic heterocycles. The zero-order valence-electron chi connectivity index (χ0n) is 8.30. The van der Waals surface area contributed by atoms with Gasteiger partial charge in [0, 0.05) is 0 Å². The first-order valence-corrected chi connectivity index (χ1v) is 4.45. The summed E-state index contributed by atoms with van der Waals surface area (Å²) in [6.45, 7) is 4.37. The van der Waals surface area contributed by atoms with Crippen molar-refractivity contribution in [1.29, 1.82) is 0 Å². The van der Waals surface area contributed by atoms with E-state index in [0.717, 1.165) is 12.8 Å². The van der Waals surface area contributed by atoms with E-state index >= 15 is 0 Å². The summed E-state index contributed by atoms with van der Waals surface area (Å²) in [5.74, 6) is 0. The Morgan fingerprint density at radius 2 is 1.83 bits per heavy atom. The minimum absolute atomic E-state index is 1.08. The van der Waals surface area contributed by atoms with E-state index in [9.17, 15) is 0 Å². The molecule has 1 heteroatoms. The van der Waals surface area contributed by atoms with E-state index < -0.39 is 0 Å². The lowest BCUT2D eigenvalue weighted by molar-refractivity contribution is 1.12. The van der Waals surface area contributed by atoms with Gasteiger partial charge in [-0.2, -0.15) is 0 Å². The monoisotopic (exact) mass is 165 g/mol. The van der Waals surface area contributed by atoms with Crippen molar-refractivity contribution in [3.63, 3.8) is 0 Å². The van der Waals surface area contributed by atoms with Crippen molar-refractivity contribution in [3.05, 3.63) is 35.5 Å². The molecule has 0 bridgehead atoms. The van der Waals surface area contributed by atoms with Gasteiger partial charge in [0.05, 0.1) is 0 Å². The van der Waals surface area contributed by atoms with Gasteiger partial charge in [-0.05, 0) is 38.0 Å². The van der Waals surface area contributed by atoms with Crippen LogP contribution in [-0.4, -0.2) is 7.05 Å². The Morgan fingerprint density at radius 1 is 1.25 bits per heavy atom. The average molecular weight is 165 g/mol. The third-order valence-electron chi connectivity index (χ3n) is 1.85. The molecule has 0 saturated heterocycles. The molecule has 1 rings (SSSR count). The molecule has 0 amide bonds. The molecule has 0 saturated carbocycles. The summed E-state index contributed by atoms with van der Waals surface area (Å²) < 4.78 is 0. The fraction of sp³-hybridized carbons (Fsp3) is 0.455. The van der Waals surface area contributed by atoms with Crippen LogP contribution in [0.15, 0.2) is 35.5 Å². The first-order chi connectivity index (χ1) is 5.84. The predicted molar refractivity (Wildman–Crippen MR) is 56.0 cm³/mol. The van der Waals surface area contributed by atoms with Crippen molar-refractivity contribution in [3.8, 4) is 0 Å². The molecular formula is C11H19N. The lowest BCUT2D eigenvalue weighted by Crippen LogP contribution is -1.77. The second-order valence-corrected chi connectivity index (χ2v) is 2.60. The maximum atomic E-state index is 4.50. The zero-order valence-corrected chi connectivity index (χ0v) is 8.30. The first kappa shape index (κ1) is 11.2. The van der Waals surface area contributed by atoms with Gasteiger partial charge in [0.1, 0.15) is 0 Å². The number of rotatable bonds is 1. The van der Waals surface area contributed by atoms with Crippen molar-refractivity contribution in [1.82, 2.24) is 0 Å². The lowest BCUT2D eigenvalue weighted by Gasteiger charge is -1.98. The Labute approximate surface area is 75.7 Å². The molecule has 1 aliphatic rings. The summed E-state index contributed by atoms with van der Waals surface area (Å²) in [4.78, 5) is 0. The van der Waals surface area contributed by atoms with Crippen molar-refractivity contribution in [2.45, 2.75) is 26.7 Å². The molecule has 0 spiro atoms. The van der Waals surface area contributed by atoms with E-state index in [2.05, 4.69) is 43.9 Å². The quantitative estimate of drug-likeness (QED) is 0.635. The van der Waals surface area contributed by atoms with Crippen molar-refractivity contribution in [2.24, 2.45) is 5.73 Å². The van der Waals surface area contributed by atoms with Crippen molar-refractivity contribution >= 4 is 0 Å². The molecule has 0 aromatic rings. The molecule has 1 nitrogen and oxygen atoms in total. The molecule has 0 aromatic carbocycles. The molecule has 1 aliphatic carbocycles. The van der Waals surface area contributed by atoms with Crippen LogP contribution < -0.4 is 5.73 Å². The van der Waals surface area contributed by atoms with Crippen molar-refractivity contribution in [2.75, 3.05) is 7.05 Å². The molecule has 0 radical (unpaired) electrons. The molecular weight excluding hydrogens is 146 g/mol. The average Bonchev–Trinajstić information content (AvgIpc) is 2.33. The second kappa shape index (κ2) is 6.86. The molecule has 0 unspecified atom stereocenters. The van der Waals surface area contributed by atoms with Crippen LogP contribution >= 0.6 is 0 Å². The van der Waals surface area contributed by atoms with E-state index in [4.69, 9.17) is 0 Å². The summed E-state index contributed by atoms with van der Waals surface area (Å²) in [6.07, 6.45) is 11.1. The highest BCUT2D eigenvalue weighted by atomic mass is 14.4. The molecule has 0 atom stereocenters. The van der Waals surface area contributed by atoms with Gasteiger partial charge in [0.2, 0.25) is 0 Å². The Morgan fingerprint density at radius 3 is 2.42 bits per heavy atom. The molecule has 0 aromatic heterocycles. The van der Waals surface area contributed by atoms with Crippen LogP contribution in [0.5, 0.6) is 0 Å². The van der Waals surface area contributed by atoms with E-state index in [-0.39, 0.29) is 0 Å². The molecule has 2 N–H and O–H groups in total. The second-order valence-electron chi connectivity index (χ2n) is 2.60. The van der Waals surface area contributed by atoms with Gasteiger partial charge in [-0.25, -0.2) is 0 Å². The largest absolute Gasteiger partial charge is 0.333 e. The molecule has 12 heavy (non-hydrogen) atoms. The lowest BCUT2D eigenvalue weighted by atomic mass is 10.1. The van der Waals surface area contributed by atoms with Crippen LogP contribution in [0, 0.1) is 0 Å². The van der Waals surface area contributed by atoms with Crippen LogP contribution in [0.1, 0.15) is 26.7 Å². The number of hydrogen-bond donors (Lipinski definition) is 1. The topological polar surface area (TPSA) is 26.0 Å². The van der Waals surface area contributed by atoms with E-state index in [1.807, 2.05) is 0 Å². The predicted octanol–water partition coefficient (Wildman–Crippen LogP) is 2.80. The molecule has 0 fully saturated rings. The van der Waals surface area contributed by atoms with Gasteiger partial charge in [0.25, 0.3) is 0 Å². The van der Waals surface area contributed by atoms with Crippen LogP contribution in [0.4, 0.5) is 0 Å². The highest BCUT2D eigenvalue weighted by Gasteiger charge is 1.94. The van der Waals surface area contributed by atoms with Gasteiger partial charge in [0.15, 0.2) is 0 Å². The maximum Gasteiger partial charge on any atom is -0.0163 e. The molecule has 0 heterocycles. The standard InChI is InChI=1S/C10H14.CH5N/c1-3-10-8-6-4-5-7-9(10)2;1-2/h5-8H,3-4H2,1-2H3;2H2,1H3. The van der Waals surface area contributed by atoms with Gasteiger partial charge in [-0.1, -0.05) is 31.2 Å². The summed E-state index contributed by atoms with van der Waals surface area (Å²) in [5, 5.41) is 0. The van der Waals surface area contributed by atoms with Gasteiger partial charge in [-0.3, -0.25) is 0 Å². The van der Waals surface area contributed by atoms with Crippen LogP contribution in [-0.2, 0) is 0 Å². The summed E-state index contributed by atoms with van der Waals surface area (Å²) in [5.41, 5.74) is 7.38.